The summed E-state index contributed by atoms with van der Waals surface area (Å²) in [6.45, 7) is 9.65. The lowest BCUT2D eigenvalue weighted by Gasteiger charge is -2.29. The fourth-order valence-corrected chi connectivity index (χ4v) is 6.38. The number of carbonyl (C=O) groups is 2. The molecule has 1 saturated heterocycles. The van der Waals surface area contributed by atoms with Crippen molar-refractivity contribution in [3.63, 3.8) is 0 Å². The van der Waals surface area contributed by atoms with Gasteiger partial charge in [-0.05, 0) is 59.9 Å². The van der Waals surface area contributed by atoms with Crippen molar-refractivity contribution in [1.82, 2.24) is 14.5 Å². The monoisotopic (exact) mass is 624 g/mol. The van der Waals surface area contributed by atoms with Crippen LogP contribution in [0.15, 0.2) is 71.7 Å². The molecule has 0 radical (unpaired) electrons. The first-order valence-corrected chi connectivity index (χ1v) is 16.6. The average molecular weight is 625 g/mol. The Balaban J connectivity index is 1.37. The lowest BCUT2D eigenvalue weighted by molar-refractivity contribution is 0.0773. The molecular weight excluding hydrogens is 584 g/mol. The number of nitrogens with two attached hydrogens (primary N) is 1. The molecule has 0 saturated carbocycles. The number of rotatable bonds is 6. The standard InChI is InChI=1S/C35H40N6O3S/c1-22-26(8-7-9-29(22)39-32(42)23-10-12-24(13-11-23)35(2,3)4)30-21-40(5)34(44)31(38-30)37-25-14-15-27(28(36)20-25)33(43)41-16-18-45(6)19-17-41/h7-15,20-21H,6,16-19,36H2,1-5H3,(H,37,38)(H,39,42). The highest BCUT2D eigenvalue weighted by molar-refractivity contribution is 8.14. The van der Waals surface area contributed by atoms with Gasteiger partial charge in [-0.1, -0.05) is 50.9 Å². The fourth-order valence-electron chi connectivity index (χ4n) is 5.22. The van der Waals surface area contributed by atoms with Gasteiger partial charge >= 0.3 is 0 Å². The zero-order valence-corrected chi connectivity index (χ0v) is 27.3. The molecule has 0 unspecified atom stereocenters. The van der Waals surface area contributed by atoms with E-state index in [1.165, 1.54) is 4.57 Å². The van der Waals surface area contributed by atoms with Crippen LogP contribution in [0.1, 0.15) is 52.6 Å². The van der Waals surface area contributed by atoms with E-state index in [0.717, 1.165) is 28.2 Å². The summed E-state index contributed by atoms with van der Waals surface area (Å²) in [7, 11) is 1.76. The number of aromatic nitrogens is 2. The van der Waals surface area contributed by atoms with Gasteiger partial charge in [0.2, 0.25) is 0 Å². The molecular formula is C35H40N6O3S. The van der Waals surface area contributed by atoms with Crippen LogP contribution in [0.2, 0.25) is 0 Å². The molecule has 5 rings (SSSR count). The molecule has 4 aromatic rings. The minimum atomic E-state index is -0.324. The van der Waals surface area contributed by atoms with Crippen molar-refractivity contribution >= 4 is 51.0 Å². The molecule has 2 amide bonds. The Labute approximate surface area is 266 Å². The van der Waals surface area contributed by atoms with Crippen LogP contribution in [-0.2, 0) is 12.5 Å². The van der Waals surface area contributed by atoms with E-state index in [0.29, 0.717) is 47.0 Å². The molecule has 0 spiro atoms. The number of benzene rings is 3. The molecule has 4 N–H and O–H groups in total. The van der Waals surface area contributed by atoms with E-state index in [9.17, 15) is 14.4 Å². The molecule has 2 heterocycles. The predicted molar refractivity (Wildman–Crippen MR) is 187 cm³/mol. The van der Waals surface area contributed by atoms with Crippen LogP contribution in [0.3, 0.4) is 0 Å². The van der Waals surface area contributed by atoms with Gasteiger partial charge in [0.1, 0.15) is 0 Å². The van der Waals surface area contributed by atoms with Gasteiger partial charge in [-0.2, -0.15) is 10.5 Å². The number of hydrogen-bond acceptors (Lipinski definition) is 6. The number of nitrogens with zero attached hydrogens (tertiary/aromatic N) is 3. The molecule has 10 heteroatoms. The van der Waals surface area contributed by atoms with Crippen molar-refractivity contribution in [1.29, 1.82) is 0 Å². The summed E-state index contributed by atoms with van der Waals surface area (Å²) in [4.78, 5) is 45.7. The second kappa shape index (κ2) is 12.7. The Hall–Kier alpha value is -4.70. The third-order valence-electron chi connectivity index (χ3n) is 8.07. The van der Waals surface area contributed by atoms with Gasteiger partial charge in [-0.3, -0.25) is 14.4 Å². The molecule has 1 aliphatic rings. The maximum Gasteiger partial charge on any atom is 0.293 e. The number of aryl methyl sites for hydroxylation is 1. The number of carbonyl (C=O) groups excluding carboxylic acids is 2. The van der Waals surface area contributed by atoms with Crippen molar-refractivity contribution in [2.45, 2.75) is 33.1 Å². The fraction of sp³-hybridized carbons (Fsp3) is 0.286. The third kappa shape index (κ3) is 7.01. The molecule has 0 atom stereocenters. The maximum atomic E-state index is 13.1. The lowest BCUT2D eigenvalue weighted by atomic mass is 9.86. The van der Waals surface area contributed by atoms with Gasteiger partial charge < -0.3 is 25.8 Å². The Morgan fingerprint density at radius 3 is 2.36 bits per heavy atom. The summed E-state index contributed by atoms with van der Waals surface area (Å²) >= 11 is 0. The molecule has 9 nitrogen and oxygen atoms in total. The van der Waals surface area contributed by atoms with Crippen LogP contribution in [0.5, 0.6) is 0 Å². The molecule has 45 heavy (non-hydrogen) atoms. The van der Waals surface area contributed by atoms with E-state index in [-0.39, 0.29) is 39.1 Å². The minimum absolute atomic E-state index is 0.00413. The highest BCUT2D eigenvalue weighted by Gasteiger charge is 2.22. The first-order chi connectivity index (χ1) is 21.3. The van der Waals surface area contributed by atoms with Crippen LogP contribution >= 0.6 is 10.5 Å². The molecule has 1 aromatic heterocycles. The van der Waals surface area contributed by atoms with E-state index >= 15 is 0 Å². The summed E-state index contributed by atoms with van der Waals surface area (Å²) in [6, 6.07) is 18.3. The molecule has 1 aliphatic heterocycles. The topological polar surface area (TPSA) is 122 Å². The number of nitrogens with one attached hydrogen (secondary N) is 2. The van der Waals surface area contributed by atoms with Crippen LogP contribution in [-0.4, -0.2) is 56.7 Å². The average Bonchev–Trinajstić information content (AvgIpc) is 3.00. The predicted octanol–water partition coefficient (Wildman–Crippen LogP) is 5.79. The van der Waals surface area contributed by atoms with Gasteiger partial charge in [0.25, 0.3) is 17.4 Å². The highest BCUT2D eigenvalue weighted by atomic mass is 32.2. The molecule has 3 aromatic carbocycles. The SMILES string of the molecule is C=S1CCN(C(=O)c2ccc(Nc3nc(-c4cccc(NC(=O)c5ccc(C(C)(C)C)cc5)c4C)cn(C)c3=O)cc2N)CC1. The zero-order chi connectivity index (χ0) is 32.5. The van der Waals surface area contributed by atoms with Crippen molar-refractivity contribution in [3.05, 3.63) is 99.5 Å². The first-order valence-electron chi connectivity index (χ1n) is 14.8. The first kappa shape index (κ1) is 31.7. The van der Waals surface area contributed by atoms with Gasteiger partial charge in [-0.15, -0.1) is 0 Å². The van der Waals surface area contributed by atoms with Crippen molar-refractivity contribution < 1.29 is 9.59 Å². The van der Waals surface area contributed by atoms with E-state index in [4.69, 9.17) is 5.73 Å². The van der Waals surface area contributed by atoms with E-state index in [1.807, 2.05) is 54.3 Å². The van der Waals surface area contributed by atoms with Gasteiger partial charge in [-0.25, -0.2) is 4.98 Å². The summed E-state index contributed by atoms with van der Waals surface area (Å²) in [5, 5.41) is 6.12. The van der Waals surface area contributed by atoms with Crippen molar-refractivity contribution in [2.75, 3.05) is 41.0 Å². The Bertz CT molecular complexity index is 1850. The van der Waals surface area contributed by atoms with Crippen LogP contribution in [0, 0.1) is 6.92 Å². The van der Waals surface area contributed by atoms with Crippen LogP contribution in [0.25, 0.3) is 11.3 Å². The summed E-state index contributed by atoms with van der Waals surface area (Å²) in [5.74, 6) is 5.72. The Morgan fingerprint density at radius 1 is 1.02 bits per heavy atom. The van der Waals surface area contributed by atoms with E-state index in [2.05, 4.69) is 42.3 Å². The Kier molecular flexibility index (Phi) is 8.97. The quantitative estimate of drug-likeness (QED) is 0.185. The summed E-state index contributed by atoms with van der Waals surface area (Å²) in [6.07, 6.45) is 1.67. The molecule has 234 valence electrons. The number of amides is 2. The van der Waals surface area contributed by atoms with Crippen molar-refractivity contribution in [2.24, 2.45) is 7.05 Å². The van der Waals surface area contributed by atoms with Gasteiger partial charge in [0.15, 0.2) is 5.82 Å². The van der Waals surface area contributed by atoms with Gasteiger partial charge in [0, 0.05) is 66.0 Å². The smallest absolute Gasteiger partial charge is 0.293 e. The largest absolute Gasteiger partial charge is 0.398 e. The maximum absolute atomic E-state index is 13.1. The van der Waals surface area contributed by atoms with Crippen LogP contribution < -0.4 is 21.9 Å². The van der Waals surface area contributed by atoms with E-state index < -0.39 is 0 Å². The summed E-state index contributed by atoms with van der Waals surface area (Å²) in [5.41, 5.74) is 11.8. The second-order valence-electron chi connectivity index (χ2n) is 12.4. The number of hydrogen-bond donors (Lipinski definition) is 3. The second-order valence-corrected chi connectivity index (χ2v) is 14.4. The Morgan fingerprint density at radius 2 is 1.71 bits per heavy atom. The zero-order valence-electron chi connectivity index (χ0n) is 26.4. The lowest BCUT2D eigenvalue weighted by Crippen LogP contribution is -2.38. The minimum Gasteiger partial charge on any atom is -0.398 e. The normalized spacial score (nSPS) is 13.8. The van der Waals surface area contributed by atoms with Gasteiger partial charge in [0.05, 0.1) is 11.3 Å². The number of anilines is 4. The number of nitrogen functional groups attached to an aromatic ring is 1. The van der Waals surface area contributed by atoms with Crippen molar-refractivity contribution in [3.8, 4) is 11.3 Å². The highest BCUT2D eigenvalue weighted by Crippen LogP contribution is 2.29. The molecule has 1 fully saturated rings. The van der Waals surface area contributed by atoms with E-state index in [1.54, 1.807) is 31.4 Å². The van der Waals surface area contributed by atoms with Crippen LogP contribution in [0.4, 0.5) is 22.9 Å². The molecule has 0 bridgehead atoms. The third-order valence-corrected chi connectivity index (χ3v) is 9.59. The summed E-state index contributed by atoms with van der Waals surface area (Å²) < 4.78 is 1.46. The molecule has 0 aliphatic carbocycles.